The van der Waals surface area contributed by atoms with Crippen molar-refractivity contribution in [3.63, 3.8) is 0 Å². The van der Waals surface area contributed by atoms with Gasteiger partial charge in [-0.15, -0.1) is 0 Å². The van der Waals surface area contributed by atoms with Gasteiger partial charge in [-0.2, -0.15) is 5.26 Å². The van der Waals surface area contributed by atoms with E-state index >= 15 is 0 Å². The highest BCUT2D eigenvalue weighted by molar-refractivity contribution is 5.92. The van der Waals surface area contributed by atoms with Gasteiger partial charge in [0.15, 0.2) is 5.75 Å². The summed E-state index contributed by atoms with van der Waals surface area (Å²) >= 11 is 0. The molecule has 1 aliphatic rings. The molecule has 0 atom stereocenters. The summed E-state index contributed by atoms with van der Waals surface area (Å²) in [7, 11) is 1.53. The maximum atomic E-state index is 11.1. The van der Waals surface area contributed by atoms with Crippen LogP contribution in [0.3, 0.4) is 0 Å². The number of pyridine rings is 1. The first-order chi connectivity index (χ1) is 13.1. The van der Waals surface area contributed by atoms with Crippen molar-refractivity contribution < 1.29 is 19.4 Å². The molecule has 138 valence electrons. The normalized spacial score (nSPS) is 14.6. The summed E-state index contributed by atoms with van der Waals surface area (Å²) in [5.41, 5.74) is 1.75. The Bertz CT molecular complexity index is 909. The van der Waals surface area contributed by atoms with Crippen molar-refractivity contribution in [2.75, 3.05) is 7.11 Å². The van der Waals surface area contributed by atoms with Crippen molar-refractivity contribution in [3.05, 3.63) is 53.2 Å². The number of hydrogen-bond acceptors (Lipinski definition) is 5. The Labute approximate surface area is 157 Å². The number of ether oxygens (including phenoxy) is 2. The average molecular weight is 364 g/mol. The summed E-state index contributed by atoms with van der Waals surface area (Å²) < 4.78 is 11.3. The molecule has 3 rings (SSSR count). The van der Waals surface area contributed by atoms with Gasteiger partial charge in [0.25, 0.3) is 5.88 Å². The van der Waals surface area contributed by atoms with E-state index in [4.69, 9.17) is 14.6 Å². The van der Waals surface area contributed by atoms with E-state index in [1.807, 2.05) is 0 Å². The number of allylic oxidation sites excluding steroid dienone is 1. The van der Waals surface area contributed by atoms with Crippen LogP contribution in [0, 0.1) is 11.3 Å². The van der Waals surface area contributed by atoms with Crippen LogP contribution < -0.4 is 9.47 Å². The van der Waals surface area contributed by atoms with E-state index in [2.05, 4.69) is 11.1 Å². The second-order valence-corrected chi connectivity index (χ2v) is 6.36. The van der Waals surface area contributed by atoms with Crippen molar-refractivity contribution in [2.24, 2.45) is 0 Å². The van der Waals surface area contributed by atoms with Gasteiger partial charge in [-0.3, -0.25) is 0 Å². The molecule has 0 spiro atoms. The van der Waals surface area contributed by atoms with E-state index in [-0.39, 0.29) is 11.7 Å². The first kappa shape index (κ1) is 18.5. The lowest BCUT2D eigenvalue weighted by atomic mass is 10.0. The van der Waals surface area contributed by atoms with Crippen LogP contribution in [-0.4, -0.2) is 29.3 Å². The molecule has 1 aromatic carbocycles. The fraction of sp³-hybridized carbons (Fsp3) is 0.286. The van der Waals surface area contributed by atoms with Crippen LogP contribution in [0.2, 0.25) is 0 Å². The monoisotopic (exact) mass is 364 g/mol. The van der Waals surface area contributed by atoms with Crippen molar-refractivity contribution in [2.45, 2.75) is 31.8 Å². The number of carboxylic acids is 1. The van der Waals surface area contributed by atoms with Gasteiger partial charge in [-0.05, 0) is 55.5 Å². The molecule has 1 N–H and O–H groups in total. The molecule has 0 radical (unpaired) electrons. The molecule has 6 nitrogen and oxygen atoms in total. The predicted molar refractivity (Wildman–Crippen MR) is 101 cm³/mol. The summed E-state index contributed by atoms with van der Waals surface area (Å²) in [5, 5.41) is 18.7. The lowest BCUT2D eigenvalue weighted by Crippen LogP contribution is -2.12. The second-order valence-electron chi connectivity index (χ2n) is 6.36. The molecule has 1 fully saturated rings. The molecule has 0 bridgehead atoms. The summed E-state index contributed by atoms with van der Waals surface area (Å²) in [4.78, 5) is 15.4. The molecule has 0 unspecified atom stereocenters. The highest BCUT2D eigenvalue weighted by atomic mass is 16.5. The molecule has 0 saturated heterocycles. The molecule has 1 aliphatic carbocycles. The minimum atomic E-state index is -1.01. The Hall–Kier alpha value is -3.33. The quantitative estimate of drug-likeness (QED) is 0.773. The Balaban J connectivity index is 1.94. The Morgan fingerprint density at radius 3 is 2.74 bits per heavy atom. The third kappa shape index (κ3) is 4.45. The van der Waals surface area contributed by atoms with Gasteiger partial charge in [-0.25, -0.2) is 9.78 Å². The van der Waals surface area contributed by atoms with Crippen molar-refractivity contribution >= 4 is 17.6 Å². The van der Waals surface area contributed by atoms with Crippen LogP contribution in [0.5, 0.6) is 11.6 Å². The van der Waals surface area contributed by atoms with Gasteiger partial charge in [0, 0.05) is 11.8 Å². The zero-order valence-corrected chi connectivity index (χ0v) is 15.0. The summed E-state index contributed by atoms with van der Waals surface area (Å²) in [5.74, 6) is -0.111. The molecule has 6 heteroatoms. The van der Waals surface area contributed by atoms with Crippen LogP contribution in [0.1, 0.15) is 47.2 Å². The van der Waals surface area contributed by atoms with Crippen molar-refractivity contribution in [1.82, 2.24) is 4.98 Å². The van der Waals surface area contributed by atoms with Crippen LogP contribution in [-0.2, 0) is 0 Å². The van der Waals surface area contributed by atoms with Crippen LogP contribution in [0.4, 0.5) is 0 Å². The largest absolute Gasteiger partial charge is 0.485 e. The van der Waals surface area contributed by atoms with E-state index < -0.39 is 5.97 Å². The zero-order chi connectivity index (χ0) is 19.2. The van der Waals surface area contributed by atoms with Gasteiger partial charge >= 0.3 is 5.97 Å². The minimum Gasteiger partial charge on any atom is -0.485 e. The SMILES string of the molecule is COc1ncc(/C(C#N)=C/c2cccc(C(=O)O)c2)cc1OC1CCCC1. The molecular weight excluding hydrogens is 344 g/mol. The lowest BCUT2D eigenvalue weighted by Gasteiger charge is -2.16. The first-order valence-corrected chi connectivity index (χ1v) is 8.77. The van der Waals surface area contributed by atoms with Gasteiger partial charge in [0.2, 0.25) is 0 Å². The standard InChI is InChI=1S/C21H20N2O4/c1-26-20-19(27-18-7-2-3-8-18)11-17(13-23-20)16(12-22)10-14-5-4-6-15(9-14)21(24)25/h4-6,9-11,13,18H,2-3,7-8H2,1H3,(H,24,25)/b16-10+. The van der Waals surface area contributed by atoms with Crippen molar-refractivity contribution in [3.8, 4) is 17.7 Å². The molecule has 1 saturated carbocycles. The topological polar surface area (TPSA) is 92.4 Å². The molecule has 27 heavy (non-hydrogen) atoms. The third-order valence-electron chi connectivity index (χ3n) is 4.48. The van der Waals surface area contributed by atoms with Crippen LogP contribution in [0.25, 0.3) is 11.6 Å². The number of carbonyl (C=O) groups is 1. The Morgan fingerprint density at radius 2 is 2.07 bits per heavy atom. The number of hydrogen-bond donors (Lipinski definition) is 1. The number of nitrogens with zero attached hydrogens (tertiary/aromatic N) is 2. The summed E-state index contributed by atoms with van der Waals surface area (Å²) in [6, 6.07) is 10.3. The van der Waals surface area contributed by atoms with Crippen molar-refractivity contribution in [1.29, 1.82) is 5.26 Å². The van der Waals surface area contributed by atoms with E-state index in [0.29, 0.717) is 28.3 Å². The van der Waals surface area contributed by atoms with Crippen LogP contribution in [0.15, 0.2) is 36.5 Å². The van der Waals surface area contributed by atoms with E-state index in [1.54, 1.807) is 30.5 Å². The third-order valence-corrected chi connectivity index (χ3v) is 4.48. The smallest absolute Gasteiger partial charge is 0.335 e. The predicted octanol–water partition coefficient (Wildman–Crippen LogP) is 4.17. The maximum Gasteiger partial charge on any atom is 0.335 e. The average Bonchev–Trinajstić information content (AvgIpc) is 3.19. The fourth-order valence-electron chi connectivity index (χ4n) is 3.11. The maximum absolute atomic E-state index is 11.1. The van der Waals surface area contributed by atoms with Crippen LogP contribution >= 0.6 is 0 Å². The Morgan fingerprint density at radius 1 is 1.30 bits per heavy atom. The zero-order valence-electron chi connectivity index (χ0n) is 15.0. The molecule has 2 aromatic rings. The van der Waals surface area contributed by atoms with E-state index in [0.717, 1.165) is 25.7 Å². The van der Waals surface area contributed by atoms with Gasteiger partial charge < -0.3 is 14.6 Å². The number of benzene rings is 1. The molecular formula is C21H20N2O4. The molecule has 1 heterocycles. The number of methoxy groups -OCH3 is 1. The molecule has 0 aliphatic heterocycles. The molecule has 1 aromatic heterocycles. The number of rotatable bonds is 6. The summed E-state index contributed by atoms with van der Waals surface area (Å²) in [6.07, 6.45) is 7.60. The molecule has 0 amide bonds. The fourth-order valence-corrected chi connectivity index (χ4v) is 3.11. The minimum absolute atomic E-state index is 0.137. The van der Waals surface area contributed by atoms with E-state index in [1.165, 1.54) is 19.2 Å². The van der Waals surface area contributed by atoms with Gasteiger partial charge in [-0.1, -0.05) is 12.1 Å². The second kappa shape index (κ2) is 8.37. The van der Waals surface area contributed by atoms with E-state index in [9.17, 15) is 10.1 Å². The first-order valence-electron chi connectivity index (χ1n) is 8.77. The van der Waals surface area contributed by atoms with Gasteiger partial charge in [0.1, 0.15) is 0 Å². The number of aromatic carboxylic acids is 1. The number of aromatic nitrogens is 1. The highest BCUT2D eigenvalue weighted by Crippen LogP contribution is 2.32. The lowest BCUT2D eigenvalue weighted by molar-refractivity contribution is 0.0697. The van der Waals surface area contributed by atoms with Gasteiger partial charge in [0.05, 0.1) is 30.4 Å². The number of nitriles is 1. The Kier molecular flexibility index (Phi) is 5.72. The number of carboxylic acid groups (broad SMARTS) is 1. The highest BCUT2D eigenvalue weighted by Gasteiger charge is 2.20. The summed E-state index contributed by atoms with van der Waals surface area (Å²) in [6.45, 7) is 0.